The van der Waals surface area contributed by atoms with E-state index in [2.05, 4.69) is 10.1 Å². The molecule has 3 aromatic heterocycles. The van der Waals surface area contributed by atoms with Crippen LogP contribution in [0, 0.1) is 3.70 Å². The van der Waals surface area contributed by atoms with E-state index in [9.17, 15) is 21.6 Å². The van der Waals surface area contributed by atoms with Gasteiger partial charge in [0.15, 0.2) is 5.69 Å². The molecule has 0 aliphatic rings. The third-order valence-corrected chi connectivity index (χ3v) is 5.51. The van der Waals surface area contributed by atoms with Crippen molar-refractivity contribution in [2.45, 2.75) is 6.18 Å². The zero-order valence-electron chi connectivity index (χ0n) is 12.3. The maximum Gasteiger partial charge on any atom is 0.435 e. The average molecular weight is 470 g/mol. The number of aromatic nitrogens is 4. The standard InChI is InChI=1S/C13H10F3IN4O2S/c1-20-10(6-11(19-20)13(14,15)16)7-3-4-9-8(18-7)5-12(17)21(9)24(2,22)23/h3-6H,1-2H3. The fraction of sp³-hybridized carbons (Fsp3) is 0.231. The second-order valence-electron chi connectivity index (χ2n) is 5.13. The summed E-state index contributed by atoms with van der Waals surface area (Å²) >= 11 is 1.86. The lowest BCUT2D eigenvalue weighted by atomic mass is 10.2. The minimum absolute atomic E-state index is 0.186. The van der Waals surface area contributed by atoms with Gasteiger partial charge in [0, 0.05) is 7.05 Å². The molecule has 0 unspecified atom stereocenters. The quantitative estimate of drug-likeness (QED) is 0.541. The van der Waals surface area contributed by atoms with E-state index in [1.165, 1.54) is 19.2 Å². The van der Waals surface area contributed by atoms with Crippen LogP contribution in [0.15, 0.2) is 24.3 Å². The molecule has 0 radical (unpaired) electrons. The zero-order valence-corrected chi connectivity index (χ0v) is 15.3. The zero-order chi connectivity index (χ0) is 17.9. The van der Waals surface area contributed by atoms with Crippen molar-refractivity contribution in [3.05, 3.63) is 33.7 Å². The summed E-state index contributed by atoms with van der Waals surface area (Å²) in [6, 6.07) is 5.45. The first-order valence-electron chi connectivity index (χ1n) is 6.48. The van der Waals surface area contributed by atoms with E-state index < -0.39 is 21.9 Å². The van der Waals surface area contributed by atoms with Gasteiger partial charge in [0.05, 0.1) is 32.4 Å². The molecule has 6 nitrogen and oxygen atoms in total. The molecule has 0 saturated heterocycles. The Hall–Kier alpha value is -1.63. The first-order valence-corrected chi connectivity index (χ1v) is 9.41. The van der Waals surface area contributed by atoms with Crippen LogP contribution in [-0.4, -0.2) is 33.4 Å². The largest absolute Gasteiger partial charge is 0.435 e. The number of pyridine rings is 1. The summed E-state index contributed by atoms with van der Waals surface area (Å²) in [4.78, 5) is 4.28. The normalized spacial score (nSPS) is 12.9. The third kappa shape index (κ3) is 2.90. The number of nitrogens with zero attached hydrogens (tertiary/aromatic N) is 4. The molecule has 128 valence electrons. The first-order chi connectivity index (χ1) is 11.0. The lowest BCUT2D eigenvalue weighted by Crippen LogP contribution is -2.11. The van der Waals surface area contributed by atoms with E-state index in [1.54, 1.807) is 6.07 Å². The van der Waals surface area contributed by atoms with Crippen LogP contribution in [0.5, 0.6) is 0 Å². The van der Waals surface area contributed by atoms with Gasteiger partial charge in [-0.1, -0.05) is 0 Å². The molecule has 0 fully saturated rings. The third-order valence-electron chi connectivity index (χ3n) is 3.34. The highest BCUT2D eigenvalue weighted by Gasteiger charge is 2.34. The molecule has 3 rings (SSSR count). The molecule has 0 atom stereocenters. The van der Waals surface area contributed by atoms with Crippen molar-refractivity contribution in [1.29, 1.82) is 0 Å². The van der Waals surface area contributed by atoms with E-state index in [1.807, 2.05) is 22.6 Å². The summed E-state index contributed by atoms with van der Waals surface area (Å²) in [6.45, 7) is 0. The van der Waals surface area contributed by atoms with Gasteiger partial charge in [-0.15, -0.1) is 0 Å². The van der Waals surface area contributed by atoms with Gasteiger partial charge in [-0.2, -0.15) is 18.3 Å². The van der Waals surface area contributed by atoms with Gasteiger partial charge >= 0.3 is 6.18 Å². The van der Waals surface area contributed by atoms with Crippen LogP contribution in [0.3, 0.4) is 0 Å². The molecular formula is C13H10F3IN4O2S. The Bertz CT molecular complexity index is 1050. The van der Waals surface area contributed by atoms with Crippen molar-refractivity contribution in [2.75, 3.05) is 6.26 Å². The van der Waals surface area contributed by atoms with E-state index in [0.29, 0.717) is 14.7 Å². The summed E-state index contributed by atoms with van der Waals surface area (Å²) in [5.74, 6) is 0. The predicted molar refractivity (Wildman–Crippen MR) is 89.9 cm³/mol. The van der Waals surface area contributed by atoms with Crippen LogP contribution in [0.4, 0.5) is 13.2 Å². The van der Waals surface area contributed by atoms with E-state index >= 15 is 0 Å². The maximum absolute atomic E-state index is 12.8. The Morgan fingerprint density at radius 1 is 1.21 bits per heavy atom. The van der Waals surface area contributed by atoms with Crippen molar-refractivity contribution < 1.29 is 21.6 Å². The minimum Gasteiger partial charge on any atom is -0.266 e. The second-order valence-corrected chi connectivity index (χ2v) is 8.07. The molecule has 24 heavy (non-hydrogen) atoms. The number of aryl methyl sites for hydroxylation is 1. The number of alkyl halides is 3. The highest BCUT2D eigenvalue weighted by atomic mass is 127. The molecule has 0 N–H and O–H groups in total. The SMILES string of the molecule is Cn1nc(C(F)(F)F)cc1-c1ccc2c(cc(I)n2S(C)(=O)=O)n1. The molecule has 0 amide bonds. The number of hydrogen-bond donors (Lipinski definition) is 0. The van der Waals surface area contributed by atoms with Crippen molar-refractivity contribution in [1.82, 2.24) is 18.7 Å². The lowest BCUT2D eigenvalue weighted by Gasteiger charge is -2.05. The fourth-order valence-corrected chi connectivity index (χ4v) is 4.87. The maximum atomic E-state index is 12.8. The molecule has 0 saturated carbocycles. The van der Waals surface area contributed by atoms with Crippen molar-refractivity contribution in [3.8, 4) is 11.4 Å². The van der Waals surface area contributed by atoms with Gasteiger partial charge in [-0.3, -0.25) is 4.68 Å². The molecule has 0 aliphatic heterocycles. The van der Waals surface area contributed by atoms with Crippen molar-refractivity contribution in [2.24, 2.45) is 7.05 Å². The molecular weight excluding hydrogens is 460 g/mol. The van der Waals surface area contributed by atoms with Crippen LogP contribution >= 0.6 is 22.6 Å². The molecule has 0 aliphatic carbocycles. The fourth-order valence-electron chi connectivity index (χ4n) is 2.36. The highest BCUT2D eigenvalue weighted by Crippen LogP contribution is 2.32. The minimum atomic E-state index is -4.55. The molecule has 0 aromatic carbocycles. The van der Waals surface area contributed by atoms with Crippen LogP contribution < -0.4 is 0 Å². The van der Waals surface area contributed by atoms with Gasteiger partial charge in [0.1, 0.15) is 0 Å². The molecule has 0 bridgehead atoms. The summed E-state index contributed by atoms with van der Waals surface area (Å²) in [5.41, 5.74) is 0.188. The molecule has 0 spiro atoms. The number of fused-ring (bicyclic) bond motifs is 1. The smallest absolute Gasteiger partial charge is 0.266 e. The Kier molecular flexibility index (Phi) is 3.90. The van der Waals surface area contributed by atoms with Gasteiger partial charge in [0.2, 0.25) is 10.0 Å². The number of halogens is 4. The molecule has 11 heteroatoms. The summed E-state index contributed by atoms with van der Waals surface area (Å²) in [5, 5.41) is 3.45. The molecule has 3 heterocycles. The lowest BCUT2D eigenvalue weighted by molar-refractivity contribution is -0.141. The highest BCUT2D eigenvalue weighted by molar-refractivity contribution is 14.1. The van der Waals surface area contributed by atoms with Gasteiger partial charge in [0.25, 0.3) is 0 Å². The Morgan fingerprint density at radius 2 is 1.88 bits per heavy atom. The van der Waals surface area contributed by atoms with Gasteiger partial charge in [-0.25, -0.2) is 17.4 Å². The average Bonchev–Trinajstić information content (AvgIpc) is 2.95. The Morgan fingerprint density at radius 3 is 2.42 bits per heavy atom. The van der Waals surface area contributed by atoms with Crippen LogP contribution in [0.1, 0.15) is 5.69 Å². The summed E-state index contributed by atoms with van der Waals surface area (Å²) in [6.07, 6.45) is -3.48. The van der Waals surface area contributed by atoms with Gasteiger partial charge in [-0.05, 0) is 46.9 Å². The Balaban J connectivity index is 2.19. The monoisotopic (exact) mass is 470 g/mol. The van der Waals surface area contributed by atoms with E-state index in [4.69, 9.17) is 0 Å². The van der Waals surface area contributed by atoms with Gasteiger partial charge < -0.3 is 0 Å². The van der Waals surface area contributed by atoms with Crippen molar-refractivity contribution >= 4 is 43.6 Å². The topological polar surface area (TPSA) is 69.8 Å². The summed E-state index contributed by atoms with van der Waals surface area (Å²) in [7, 11) is -2.12. The Labute approximate surface area is 148 Å². The first kappa shape index (κ1) is 17.2. The molecule has 3 aromatic rings. The predicted octanol–water partition coefficient (Wildman–Crippen LogP) is 2.87. The van der Waals surface area contributed by atoms with Crippen LogP contribution in [0.25, 0.3) is 22.4 Å². The summed E-state index contributed by atoms with van der Waals surface area (Å²) < 4.78 is 64.7. The van der Waals surface area contributed by atoms with Crippen LogP contribution in [0.2, 0.25) is 0 Å². The second kappa shape index (κ2) is 5.44. The van der Waals surface area contributed by atoms with Crippen molar-refractivity contribution in [3.63, 3.8) is 0 Å². The van der Waals surface area contributed by atoms with Crippen LogP contribution in [-0.2, 0) is 23.2 Å². The number of hydrogen-bond acceptors (Lipinski definition) is 4. The number of rotatable bonds is 2. The van der Waals surface area contributed by atoms with E-state index in [0.717, 1.165) is 21.0 Å². The van der Waals surface area contributed by atoms with E-state index in [-0.39, 0.29) is 11.4 Å².